The SMILES string of the molecule is CC(C)(C)c1ccc(N2c3cccc4c3B(c3sc5ccc(C(C)(C)C)cc5c32)c2c(ccc3c2-c2ccccc2C32c3ccccc3Sc3ccccc32)N4c2cc(-c3ccccc3)cc(-c3ccccc3)c2)cc1. The zero-order valence-corrected chi connectivity index (χ0v) is 45.3. The molecular formula is C71H55BN2S2. The summed E-state index contributed by atoms with van der Waals surface area (Å²) in [7, 11) is 0. The van der Waals surface area contributed by atoms with Crippen molar-refractivity contribution in [1.82, 2.24) is 0 Å². The first-order valence-corrected chi connectivity index (χ1v) is 28.4. The van der Waals surface area contributed by atoms with E-state index in [-0.39, 0.29) is 17.5 Å². The van der Waals surface area contributed by atoms with E-state index < -0.39 is 5.41 Å². The summed E-state index contributed by atoms with van der Waals surface area (Å²) in [6.45, 7) is 13.9. The van der Waals surface area contributed by atoms with E-state index in [1.165, 1.54) is 131 Å². The van der Waals surface area contributed by atoms with Gasteiger partial charge in [0.05, 0.1) is 11.1 Å². The van der Waals surface area contributed by atoms with E-state index in [0.717, 1.165) is 5.69 Å². The molecule has 0 unspecified atom stereocenters. The van der Waals surface area contributed by atoms with Gasteiger partial charge in [-0.1, -0.05) is 205 Å². The van der Waals surface area contributed by atoms with E-state index in [0.29, 0.717) is 0 Å². The van der Waals surface area contributed by atoms with Crippen molar-refractivity contribution >= 4 is 89.7 Å². The number of hydrogen-bond donors (Lipinski definition) is 0. The van der Waals surface area contributed by atoms with Gasteiger partial charge in [0.2, 0.25) is 0 Å². The zero-order chi connectivity index (χ0) is 51.2. The molecule has 0 radical (unpaired) electrons. The Hall–Kier alpha value is -7.83. The van der Waals surface area contributed by atoms with Crippen molar-refractivity contribution in [3.63, 3.8) is 0 Å². The highest BCUT2D eigenvalue weighted by Gasteiger charge is 2.54. The fraction of sp³-hybridized carbons (Fsp3) is 0.127. The molecule has 1 spiro atoms. The lowest BCUT2D eigenvalue weighted by molar-refractivity contribution is 0.590. The molecule has 0 amide bonds. The second kappa shape index (κ2) is 16.6. The molecule has 10 aromatic carbocycles. The average molecular weight is 1010 g/mol. The molecule has 11 aromatic rings. The van der Waals surface area contributed by atoms with Crippen LogP contribution in [0.2, 0.25) is 0 Å². The van der Waals surface area contributed by atoms with Crippen LogP contribution in [0.25, 0.3) is 43.5 Å². The second-order valence-electron chi connectivity index (χ2n) is 23.2. The summed E-state index contributed by atoms with van der Waals surface area (Å²) in [5, 5.41) is 1.31. The molecule has 0 bridgehead atoms. The van der Waals surface area contributed by atoms with Crippen molar-refractivity contribution in [2.75, 3.05) is 9.80 Å². The highest BCUT2D eigenvalue weighted by molar-refractivity contribution is 7.99. The Balaban J connectivity index is 1.10. The molecule has 0 fully saturated rings. The van der Waals surface area contributed by atoms with Crippen LogP contribution in [0, 0.1) is 0 Å². The molecule has 1 aromatic heterocycles. The Kier molecular flexibility index (Phi) is 9.94. The van der Waals surface area contributed by atoms with Gasteiger partial charge < -0.3 is 9.80 Å². The summed E-state index contributed by atoms with van der Waals surface area (Å²) in [4.78, 5) is 7.89. The van der Waals surface area contributed by atoms with Crippen LogP contribution in [-0.2, 0) is 16.2 Å². The van der Waals surface area contributed by atoms with Crippen LogP contribution in [0.5, 0.6) is 0 Å². The van der Waals surface area contributed by atoms with Crippen molar-refractivity contribution in [1.29, 1.82) is 0 Å². The van der Waals surface area contributed by atoms with Gasteiger partial charge in [-0.2, -0.15) is 0 Å². The monoisotopic (exact) mass is 1010 g/mol. The summed E-state index contributed by atoms with van der Waals surface area (Å²) in [6, 6.07) is 85.8. The number of benzene rings is 10. The smallest absolute Gasteiger partial charge is 0.265 e. The van der Waals surface area contributed by atoms with Gasteiger partial charge in [0, 0.05) is 53.1 Å². The number of hydrogen-bond acceptors (Lipinski definition) is 4. The first-order chi connectivity index (χ1) is 37.0. The second-order valence-corrected chi connectivity index (χ2v) is 25.4. The van der Waals surface area contributed by atoms with E-state index in [1.807, 2.05) is 23.1 Å². The molecule has 15 rings (SSSR count). The molecule has 4 heterocycles. The van der Waals surface area contributed by atoms with Crippen LogP contribution < -0.4 is 25.5 Å². The summed E-state index contributed by atoms with van der Waals surface area (Å²) < 4.78 is 2.70. The van der Waals surface area contributed by atoms with E-state index in [9.17, 15) is 0 Å². The highest BCUT2D eigenvalue weighted by atomic mass is 32.2. The number of nitrogens with zero attached hydrogens (tertiary/aromatic N) is 2. The lowest BCUT2D eigenvalue weighted by atomic mass is 9.35. The maximum atomic E-state index is 2.63. The third kappa shape index (κ3) is 6.55. The van der Waals surface area contributed by atoms with Crippen molar-refractivity contribution in [2.24, 2.45) is 0 Å². The fourth-order valence-corrected chi connectivity index (χ4v) is 15.8. The van der Waals surface area contributed by atoms with Crippen LogP contribution in [0.15, 0.2) is 234 Å². The van der Waals surface area contributed by atoms with Gasteiger partial charge in [0.1, 0.15) is 0 Å². The maximum Gasteiger partial charge on any atom is 0.265 e. The van der Waals surface area contributed by atoms with E-state index >= 15 is 0 Å². The van der Waals surface area contributed by atoms with E-state index in [1.54, 1.807) is 0 Å². The molecule has 364 valence electrons. The molecule has 2 nitrogen and oxygen atoms in total. The molecular weight excluding hydrogens is 956 g/mol. The first kappa shape index (κ1) is 45.6. The Morgan fingerprint density at radius 1 is 0.408 bits per heavy atom. The standard InChI is InChI=1S/C71H55BN2S2/c1-69(2,3)48-32-35-50(36-33-48)74-59-29-19-28-58-65(59)72(68-67(74)53-43-49(70(4,5)6)34-39-61(53)76-68)66-60(73(58)51-41-46(44-20-9-7-10-21-44)40-47(42-51)45-22-11-8-12-23-45)38-37-57-64(66)52-24-13-14-25-54(52)71(57)55-26-15-17-30-62(55)75-63-31-18-16-27-56(63)71/h7-43H,1-6H3. The predicted molar refractivity (Wildman–Crippen MR) is 326 cm³/mol. The minimum absolute atomic E-state index is 0.0163. The number of anilines is 6. The number of fused-ring (bicyclic) bond motifs is 16. The van der Waals surface area contributed by atoms with Gasteiger partial charge in [-0.15, -0.1) is 11.3 Å². The number of rotatable bonds is 4. The van der Waals surface area contributed by atoms with Gasteiger partial charge in [-0.3, -0.25) is 0 Å². The number of thiophene rings is 1. The Bertz CT molecular complexity index is 4080. The lowest BCUT2D eigenvalue weighted by Gasteiger charge is -2.44. The third-order valence-electron chi connectivity index (χ3n) is 16.8. The lowest BCUT2D eigenvalue weighted by Crippen LogP contribution is -2.61. The summed E-state index contributed by atoms with van der Waals surface area (Å²) in [6.07, 6.45) is 0. The van der Waals surface area contributed by atoms with Crippen molar-refractivity contribution < 1.29 is 0 Å². The molecule has 0 atom stereocenters. The normalized spacial score (nSPS) is 14.4. The Morgan fingerprint density at radius 2 is 0.961 bits per heavy atom. The largest absolute Gasteiger partial charge is 0.311 e. The molecule has 0 N–H and O–H groups in total. The first-order valence-electron chi connectivity index (χ1n) is 26.8. The quantitative estimate of drug-likeness (QED) is 0.162. The van der Waals surface area contributed by atoms with Crippen LogP contribution in [-0.4, -0.2) is 6.71 Å². The molecule has 1 aliphatic carbocycles. The third-order valence-corrected chi connectivity index (χ3v) is 19.2. The molecule has 3 aliphatic heterocycles. The predicted octanol–water partition coefficient (Wildman–Crippen LogP) is 17.7. The topological polar surface area (TPSA) is 6.48 Å². The molecule has 0 saturated carbocycles. The van der Waals surface area contributed by atoms with Gasteiger partial charge in [-0.25, -0.2) is 0 Å². The van der Waals surface area contributed by atoms with E-state index in [2.05, 4.69) is 276 Å². The van der Waals surface area contributed by atoms with Crippen LogP contribution >= 0.6 is 23.1 Å². The Morgan fingerprint density at radius 3 is 1.59 bits per heavy atom. The summed E-state index contributed by atoms with van der Waals surface area (Å²) in [5.74, 6) is 0. The van der Waals surface area contributed by atoms with Gasteiger partial charge in [0.15, 0.2) is 0 Å². The van der Waals surface area contributed by atoms with Gasteiger partial charge in [0.25, 0.3) is 6.71 Å². The van der Waals surface area contributed by atoms with Gasteiger partial charge in [-0.05, 0) is 161 Å². The maximum absolute atomic E-state index is 2.63. The van der Waals surface area contributed by atoms with Crippen LogP contribution in [0.4, 0.5) is 34.1 Å². The molecule has 5 heteroatoms. The van der Waals surface area contributed by atoms with Crippen molar-refractivity contribution in [3.8, 4) is 33.4 Å². The van der Waals surface area contributed by atoms with Gasteiger partial charge >= 0.3 is 0 Å². The molecule has 0 saturated heterocycles. The minimum Gasteiger partial charge on any atom is -0.311 e. The fourth-order valence-electron chi connectivity index (χ4n) is 13.3. The highest BCUT2D eigenvalue weighted by Crippen LogP contribution is 2.63. The van der Waals surface area contributed by atoms with Crippen LogP contribution in [0.1, 0.15) is 74.9 Å². The average Bonchev–Trinajstić information content (AvgIpc) is 4.02. The minimum atomic E-state index is -0.530. The Labute approximate surface area is 455 Å². The van der Waals surface area contributed by atoms with Crippen LogP contribution in [0.3, 0.4) is 0 Å². The summed E-state index contributed by atoms with van der Waals surface area (Å²) >= 11 is 3.90. The molecule has 76 heavy (non-hydrogen) atoms. The summed E-state index contributed by atoms with van der Waals surface area (Å²) in [5.41, 5.74) is 24.9. The zero-order valence-electron chi connectivity index (χ0n) is 43.7. The molecule has 4 aliphatic rings. The van der Waals surface area contributed by atoms with Crippen molar-refractivity contribution in [2.45, 2.75) is 67.6 Å². The van der Waals surface area contributed by atoms with Crippen molar-refractivity contribution in [3.05, 3.63) is 258 Å². The van der Waals surface area contributed by atoms with E-state index in [4.69, 9.17) is 0 Å².